The van der Waals surface area contributed by atoms with Gasteiger partial charge >= 0.3 is 0 Å². The number of aliphatic hydroxyl groups excluding tert-OH is 1. The molecule has 1 aliphatic rings. The van der Waals surface area contributed by atoms with Crippen molar-refractivity contribution in [2.24, 2.45) is 0 Å². The molecule has 3 nitrogen and oxygen atoms in total. The first-order valence-corrected chi connectivity index (χ1v) is 8.37. The summed E-state index contributed by atoms with van der Waals surface area (Å²) in [5.41, 5.74) is 1.12. The Morgan fingerprint density at radius 1 is 1.32 bits per heavy atom. The summed E-state index contributed by atoms with van der Waals surface area (Å²) in [6, 6.07) is 9.05. The van der Waals surface area contributed by atoms with E-state index in [9.17, 15) is 5.11 Å². The van der Waals surface area contributed by atoms with Crippen LogP contribution in [0.1, 0.15) is 38.7 Å². The second-order valence-electron chi connectivity index (χ2n) is 6.39. The highest BCUT2D eigenvalue weighted by Crippen LogP contribution is 2.23. The lowest BCUT2D eigenvalue weighted by Crippen LogP contribution is -2.48. The van der Waals surface area contributed by atoms with Gasteiger partial charge in [0.25, 0.3) is 0 Å². The summed E-state index contributed by atoms with van der Waals surface area (Å²) in [5, 5.41) is 10.3. The van der Waals surface area contributed by atoms with Crippen LogP contribution in [0.25, 0.3) is 0 Å². The number of nitrogens with zero attached hydrogens (tertiary/aromatic N) is 1. The minimum atomic E-state index is -0.459. The van der Waals surface area contributed by atoms with Crippen LogP contribution >= 0.6 is 0 Å². The summed E-state index contributed by atoms with van der Waals surface area (Å²) < 4.78 is 5.84. The predicted molar refractivity (Wildman–Crippen MR) is 91.3 cm³/mol. The van der Waals surface area contributed by atoms with Crippen molar-refractivity contribution in [2.75, 3.05) is 13.2 Å². The van der Waals surface area contributed by atoms with Crippen LogP contribution in [-0.4, -0.2) is 41.3 Å². The monoisotopic (exact) mass is 303 g/mol. The van der Waals surface area contributed by atoms with Crippen molar-refractivity contribution in [3.8, 4) is 5.75 Å². The van der Waals surface area contributed by atoms with Crippen molar-refractivity contribution in [3.05, 3.63) is 42.5 Å². The highest BCUT2D eigenvalue weighted by Gasteiger charge is 2.26. The second-order valence-corrected chi connectivity index (χ2v) is 6.39. The molecule has 0 radical (unpaired) electrons. The van der Waals surface area contributed by atoms with Gasteiger partial charge in [-0.15, -0.1) is 6.58 Å². The van der Waals surface area contributed by atoms with Crippen LogP contribution < -0.4 is 4.74 Å². The predicted octanol–water partition coefficient (Wildman–Crippen LogP) is 3.42. The fraction of sp³-hybridized carbons (Fsp3) is 0.579. The lowest BCUT2D eigenvalue weighted by Gasteiger charge is -2.40. The number of para-hydroxylation sites is 1. The number of piperidine rings is 1. The van der Waals surface area contributed by atoms with Gasteiger partial charge in [-0.3, -0.25) is 4.90 Å². The molecule has 0 aromatic heterocycles. The number of hydrogen-bond acceptors (Lipinski definition) is 3. The number of allylic oxidation sites excluding steroid dienone is 1. The molecular weight excluding hydrogens is 274 g/mol. The molecule has 1 fully saturated rings. The van der Waals surface area contributed by atoms with Gasteiger partial charge in [0.2, 0.25) is 0 Å². The van der Waals surface area contributed by atoms with Gasteiger partial charge in [-0.25, -0.2) is 0 Å². The first-order valence-electron chi connectivity index (χ1n) is 8.37. The zero-order valence-electron chi connectivity index (χ0n) is 13.9. The Kier molecular flexibility index (Phi) is 6.47. The van der Waals surface area contributed by atoms with E-state index in [0.717, 1.165) is 17.7 Å². The SMILES string of the molecule is C=CCc1ccccc1OC[C@@H](O)CN1[C@@H](C)CCC[C@@H]1C. The molecule has 3 atom stereocenters. The molecule has 3 heteroatoms. The van der Waals surface area contributed by atoms with Crippen LogP contribution in [0.15, 0.2) is 36.9 Å². The number of aliphatic hydroxyl groups is 1. The molecule has 1 aliphatic heterocycles. The van der Waals surface area contributed by atoms with E-state index in [1.165, 1.54) is 19.3 Å². The van der Waals surface area contributed by atoms with Crippen molar-refractivity contribution in [3.63, 3.8) is 0 Å². The Morgan fingerprint density at radius 2 is 2.00 bits per heavy atom. The number of β-amino-alcohol motifs (C(OH)–C–C–N with tert-alkyl or cyclic N) is 1. The van der Waals surface area contributed by atoms with E-state index in [-0.39, 0.29) is 0 Å². The molecule has 1 N–H and O–H groups in total. The van der Waals surface area contributed by atoms with E-state index in [2.05, 4.69) is 25.3 Å². The van der Waals surface area contributed by atoms with Crippen LogP contribution in [0.4, 0.5) is 0 Å². The number of rotatable bonds is 7. The number of hydrogen-bond donors (Lipinski definition) is 1. The van der Waals surface area contributed by atoms with Gasteiger partial charge in [0, 0.05) is 18.6 Å². The fourth-order valence-corrected chi connectivity index (χ4v) is 3.29. The number of ether oxygens (including phenoxy) is 1. The molecule has 0 saturated carbocycles. The summed E-state index contributed by atoms with van der Waals surface area (Å²) in [6.45, 7) is 9.30. The maximum atomic E-state index is 10.3. The van der Waals surface area contributed by atoms with Gasteiger partial charge in [-0.1, -0.05) is 30.7 Å². The molecule has 1 aromatic rings. The third-order valence-electron chi connectivity index (χ3n) is 4.57. The van der Waals surface area contributed by atoms with Crippen LogP contribution in [0.5, 0.6) is 5.75 Å². The first-order chi connectivity index (χ1) is 10.6. The Bertz CT molecular complexity index is 464. The standard InChI is InChI=1S/C19H29NO2/c1-4-8-17-11-5-6-12-19(17)22-14-18(21)13-20-15(2)9-7-10-16(20)3/h4-6,11-12,15-16,18,21H,1,7-10,13-14H2,2-3H3/t15-,16-,18-/m0/s1. The van der Waals surface area contributed by atoms with Crippen molar-refractivity contribution < 1.29 is 9.84 Å². The second kappa shape index (κ2) is 8.35. The van der Waals surface area contributed by atoms with E-state index in [1.807, 2.05) is 30.3 Å². The van der Waals surface area contributed by atoms with Gasteiger partial charge in [-0.05, 0) is 44.7 Å². The topological polar surface area (TPSA) is 32.7 Å². The van der Waals surface area contributed by atoms with Crippen LogP contribution in [0.2, 0.25) is 0 Å². The fourth-order valence-electron chi connectivity index (χ4n) is 3.29. The quantitative estimate of drug-likeness (QED) is 0.784. The molecule has 0 bridgehead atoms. The van der Waals surface area contributed by atoms with E-state index < -0.39 is 6.10 Å². The Morgan fingerprint density at radius 3 is 2.68 bits per heavy atom. The first kappa shape index (κ1) is 17.0. The zero-order valence-corrected chi connectivity index (χ0v) is 13.9. The zero-order chi connectivity index (χ0) is 15.9. The number of benzene rings is 1. The van der Waals surface area contributed by atoms with Gasteiger partial charge in [0.15, 0.2) is 0 Å². The lowest BCUT2D eigenvalue weighted by atomic mass is 9.97. The minimum absolute atomic E-state index is 0.337. The number of likely N-dealkylation sites (tertiary alicyclic amines) is 1. The summed E-state index contributed by atoms with van der Waals surface area (Å²) in [7, 11) is 0. The summed E-state index contributed by atoms with van der Waals surface area (Å²) in [6.07, 6.45) is 5.93. The highest BCUT2D eigenvalue weighted by molar-refractivity contribution is 5.34. The third-order valence-corrected chi connectivity index (χ3v) is 4.57. The maximum absolute atomic E-state index is 10.3. The Labute approximate surface area is 134 Å². The third kappa shape index (κ3) is 4.59. The average molecular weight is 303 g/mol. The summed E-state index contributed by atoms with van der Waals surface area (Å²) in [4.78, 5) is 2.41. The van der Waals surface area contributed by atoms with Crippen molar-refractivity contribution in [1.82, 2.24) is 4.90 Å². The highest BCUT2D eigenvalue weighted by atomic mass is 16.5. The largest absolute Gasteiger partial charge is 0.491 e. The van der Waals surface area contributed by atoms with Gasteiger partial charge in [0.1, 0.15) is 18.5 Å². The summed E-state index contributed by atoms with van der Waals surface area (Å²) in [5.74, 6) is 0.848. The van der Waals surface area contributed by atoms with E-state index in [1.54, 1.807) is 0 Å². The van der Waals surface area contributed by atoms with Crippen molar-refractivity contribution in [2.45, 2.75) is 57.7 Å². The molecule has 1 aromatic carbocycles. The summed E-state index contributed by atoms with van der Waals surface area (Å²) >= 11 is 0. The van der Waals surface area contributed by atoms with Crippen LogP contribution in [0.3, 0.4) is 0 Å². The molecule has 0 spiro atoms. The Balaban J connectivity index is 1.87. The normalized spacial score (nSPS) is 24.0. The smallest absolute Gasteiger partial charge is 0.122 e. The molecule has 22 heavy (non-hydrogen) atoms. The molecule has 0 amide bonds. The average Bonchev–Trinajstić information content (AvgIpc) is 2.50. The van der Waals surface area contributed by atoms with Crippen LogP contribution in [0, 0.1) is 0 Å². The molecule has 2 rings (SSSR count). The lowest BCUT2D eigenvalue weighted by molar-refractivity contribution is 0.0207. The van der Waals surface area contributed by atoms with Gasteiger partial charge < -0.3 is 9.84 Å². The molecule has 0 unspecified atom stereocenters. The molecule has 122 valence electrons. The van der Waals surface area contributed by atoms with Gasteiger partial charge in [-0.2, -0.15) is 0 Å². The van der Waals surface area contributed by atoms with Crippen LogP contribution in [-0.2, 0) is 6.42 Å². The molecule has 1 heterocycles. The van der Waals surface area contributed by atoms with E-state index in [4.69, 9.17) is 4.74 Å². The maximum Gasteiger partial charge on any atom is 0.122 e. The molecular formula is C19H29NO2. The van der Waals surface area contributed by atoms with E-state index in [0.29, 0.717) is 25.2 Å². The molecule has 1 saturated heterocycles. The molecule has 0 aliphatic carbocycles. The minimum Gasteiger partial charge on any atom is -0.491 e. The van der Waals surface area contributed by atoms with E-state index >= 15 is 0 Å². The van der Waals surface area contributed by atoms with Crippen molar-refractivity contribution >= 4 is 0 Å². The van der Waals surface area contributed by atoms with Gasteiger partial charge in [0.05, 0.1) is 0 Å². The van der Waals surface area contributed by atoms with Crippen molar-refractivity contribution in [1.29, 1.82) is 0 Å². The Hall–Kier alpha value is -1.32.